The lowest BCUT2D eigenvalue weighted by atomic mass is 9.87. The van der Waals surface area contributed by atoms with Crippen LogP contribution in [-0.2, 0) is 19.6 Å². The maximum atomic E-state index is 13.7. The Kier molecular flexibility index (Phi) is 9.89. The first-order valence-electron chi connectivity index (χ1n) is 14.5. The van der Waals surface area contributed by atoms with Gasteiger partial charge in [-0.1, -0.05) is 49.2 Å². The Labute approximate surface area is 251 Å². The molecule has 1 atom stereocenters. The van der Waals surface area contributed by atoms with E-state index in [4.69, 9.17) is 4.74 Å². The summed E-state index contributed by atoms with van der Waals surface area (Å²) in [6.07, 6.45) is 5.22. The third-order valence-corrected chi connectivity index (χ3v) is 11.1. The first-order chi connectivity index (χ1) is 20.2. The predicted molar refractivity (Wildman–Crippen MR) is 164 cm³/mol. The van der Waals surface area contributed by atoms with E-state index >= 15 is 0 Å². The van der Waals surface area contributed by atoms with E-state index in [9.17, 15) is 18.0 Å². The number of hydrogen-bond acceptors (Lipinski definition) is 8. The average Bonchev–Trinajstić information content (AvgIpc) is 3.65. The summed E-state index contributed by atoms with van der Waals surface area (Å²) in [7, 11) is -0.0152. The summed E-state index contributed by atoms with van der Waals surface area (Å²) in [6.45, 7) is 3.19. The first kappa shape index (κ1) is 30.6. The Morgan fingerprint density at radius 3 is 2.48 bits per heavy atom. The molecule has 2 fully saturated rings. The number of thiazole rings is 1. The number of benzene rings is 2. The van der Waals surface area contributed by atoms with Gasteiger partial charge in [0.1, 0.15) is 0 Å². The van der Waals surface area contributed by atoms with Gasteiger partial charge < -0.3 is 20.3 Å². The Morgan fingerprint density at radius 2 is 1.79 bits per heavy atom. The summed E-state index contributed by atoms with van der Waals surface area (Å²) in [5, 5.41) is 6.30. The van der Waals surface area contributed by atoms with E-state index in [2.05, 4.69) is 20.5 Å². The van der Waals surface area contributed by atoms with Gasteiger partial charge in [0.15, 0.2) is 5.13 Å². The van der Waals surface area contributed by atoms with Crippen molar-refractivity contribution in [3.63, 3.8) is 0 Å². The van der Waals surface area contributed by atoms with Crippen molar-refractivity contribution < 1.29 is 22.7 Å². The standard InChI is InChI=1S/C30H39N5O5S2/c1-34-14-16-35(17-15-34)42(38,39)24-10-7-22(8-11-24)25(19-21-5-3-4-6-21)29(37)33-30-32-26-12-9-23(20-27(26)41-30)28(36)31-13-18-40-2/h7-12,20-21,25H,3-6,13-19H2,1-2H3,(H,31,36)(H,32,33,37)/t25-/m0/s1. The second-order valence-corrected chi connectivity index (χ2v) is 14.1. The number of aromatic nitrogens is 1. The van der Waals surface area contributed by atoms with Crippen molar-refractivity contribution in [2.45, 2.75) is 42.9 Å². The average molecular weight is 614 g/mol. The monoisotopic (exact) mass is 613 g/mol. The van der Waals surface area contributed by atoms with Crippen LogP contribution in [-0.4, -0.2) is 87.9 Å². The highest BCUT2D eigenvalue weighted by atomic mass is 32.2. The zero-order valence-corrected chi connectivity index (χ0v) is 25.8. The molecule has 2 amide bonds. The fraction of sp³-hybridized carbons (Fsp3) is 0.500. The van der Waals surface area contributed by atoms with Crippen LogP contribution in [0.15, 0.2) is 47.4 Å². The highest BCUT2D eigenvalue weighted by molar-refractivity contribution is 7.89. The number of carbonyl (C=O) groups is 2. The molecular formula is C30H39N5O5S2. The largest absolute Gasteiger partial charge is 0.383 e. The second-order valence-electron chi connectivity index (χ2n) is 11.2. The molecule has 0 spiro atoms. The molecule has 2 N–H and O–H groups in total. The quantitative estimate of drug-likeness (QED) is 0.315. The van der Waals surface area contributed by atoms with Crippen molar-refractivity contribution in [2.24, 2.45) is 5.92 Å². The van der Waals surface area contributed by atoms with Gasteiger partial charge in [-0.3, -0.25) is 9.59 Å². The molecule has 42 heavy (non-hydrogen) atoms. The van der Waals surface area contributed by atoms with Crippen molar-refractivity contribution >= 4 is 48.5 Å². The van der Waals surface area contributed by atoms with E-state index in [1.54, 1.807) is 49.6 Å². The lowest BCUT2D eigenvalue weighted by Crippen LogP contribution is -2.47. The van der Waals surface area contributed by atoms with E-state index in [0.29, 0.717) is 67.9 Å². The summed E-state index contributed by atoms with van der Waals surface area (Å²) in [5.41, 5.74) is 2.02. The third kappa shape index (κ3) is 7.17. The van der Waals surface area contributed by atoms with Gasteiger partial charge in [0, 0.05) is 45.4 Å². The lowest BCUT2D eigenvalue weighted by molar-refractivity contribution is -0.118. The van der Waals surface area contributed by atoms with E-state index in [0.717, 1.165) is 23.1 Å². The number of ether oxygens (including phenoxy) is 1. The summed E-state index contributed by atoms with van der Waals surface area (Å²) in [5.74, 6) is -0.331. The van der Waals surface area contributed by atoms with Crippen molar-refractivity contribution in [1.29, 1.82) is 0 Å². The van der Waals surface area contributed by atoms with Crippen LogP contribution in [0.2, 0.25) is 0 Å². The molecule has 2 aromatic carbocycles. The molecule has 12 heteroatoms. The molecule has 1 aliphatic heterocycles. The summed E-state index contributed by atoms with van der Waals surface area (Å²) < 4.78 is 33.8. The van der Waals surface area contributed by atoms with Gasteiger partial charge in [0.05, 0.1) is 27.6 Å². The zero-order chi connectivity index (χ0) is 29.7. The highest BCUT2D eigenvalue weighted by Gasteiger charge is 2.30. The van der Waals surface area contributed by atoms with E-state index in [-0.39, 0.29) is 16.7 Å². The third-order valence-electron chi connectivity index (χ3n) is 8.22. The number of likely N-dealkylation sites (N-methyl/N-ethyl adjacent to an activating group) is 1. The van der Waals surface area contributed by atoms with Crippen molar-refractivity contribution in [3.05, 3.63) is 53.6 Å². The fourth-order valence-electron chi connectivity index (χ4n) is 5.70. The zero-order valence-electron chi connectivity index (χ0n) is 24.2. The van der Waals surface area contributed by atoms with Crippen LogP contribution in [0.1, 0.15) is 53.9 Å². The number of fused-ring (bicyclic) bond motifs is 1. The van der Waals surface area contributed by atoms with Gasteiger partial charge in [-0.15, -0.1) is 0 Å². The molecule has 1 aliphatic carbocycles. The van der Waals surface area contributed by atoms with Crippen LogP contribution < -0.4 is 10.6 Å². The summed E-state index contributed by atoms with van der Waals surface area (Å²) in [6, 6.07) is 12.1. The van der Waals surface area contributed by atoms with Crippen molar-refractivity contribution in [1.82, 2.24) is 19.5 Å². The van der Waals surface area contributed by atoms with Gasteiger partial charge in [-0.05, 0) is 55.3 Å². The minimum absolute atomic E-state index is 0.159. The molecule has 1 saturated heterocycles. The van der Waals surface area contributed by atoms with Crippen LogP contribution in [0, 0.1) is 5.92 Å². The first-order valence-corrected chi connectivity index (χ1v) is 16.8. The molecule has 10 nitrogen and oxygen atoms in total. The van der Waals surface area contributed by atoms with Gasteiger partial charge in [-0.2, -0.15) is 4.31 Å². The molecule has 0 bridgehead atoms. The Balaban J connectivity index is 1.32. The van der Waals surface area contributed by atoms with E-state index < -0.39 is 15.9 Å². The molecule has 1 aromatic heterocycles. The van der Waals surface area contributed by atoms with Crippen LogP contribution in [0.3, 0.4) is 0 Å². The van der Waals surface area contributed by atoms with Crippen molar-refractivity contribution in [3.8, 4) is 0 Å². The number of nitrogens with zero attached hydrogens (tertiary/aromatic N) is 3. The lowest BCUT2D eigenvalue weighted by Gasteiger charge is -2.31. The highest BCUT2D eigenvalue weighted by Crippen LogP contribution is 2.36. The maximum absolute atomic E-state index is 13.7. The fourth-order valence-corrected chi connectivity index (χ4v) is 8.03. The number of methoxy groups -OCH3 is 1. The Bertz CT molecular complexity index is 1490. The van der Waals surface area contributed by atoms with Gasteiger partial charge in [0.25, 0.3) is 5.91 Å². The molecule has 5 rings (SSSR count). The minimum atomic E-state index is -3.59. The number of rotatable bonds is 11. The second kappa shape index (κ2) is 13.6. The van der Waals surface area contributed by atoms with Gasteiger partial charge >= 0.3 is 0 Å². The molecule has 0 radical (unpaired) electrons. The predicted octanol–water partition coefficient (Wildman–Crippen LogP) is 3.91. The molecule has 1 saturated carbocycles. The Hall–Kier alpha value is -2.90. The number of nitrogens with one attached hydrogen (secondary N) is 2. The molecular weight excluding hydrogens is 574 g/mol. The molecule has 2 aliphatic rings. The maximum Gasteiger partial charge on any atom is 0.251 e. The molecule has 226 valence electrons. The summed E-state index contributed by atoms with van der Waals surface area (Å²) >= 11 is 1.33. The van der Waals surface area contributed by atoms with E-state index in [1.807, 2.05) is 7.05 Å². The number of amides is 2. The number of hydrogen-bond donors (Lipinski definition) is 2. The number of carbonyl (C=O) groups excluding carboxylic acids is 2. The van der Waals surface area contributed by atoms with Gasteiger partial charge in [-0.25, -0.2) is 13.4 Å². The molecule has 0 unspecified atom stereocenters. The van der Waals surface area contributed by atoms with Crippen LogP contribution in [0.5, 0.6) is 0 Å². The van der Waals surface area contributed by atoms with Crippen LogP contribution in [0.25, 0.3) is 10.2 Å². The minimum Gasteiger partial charge on any atom is -0.383 e. The number of sulfonamides is 1. The molecule has 3 aromatic rings. The smallest absolute Gasteiger partial charge is 0.251 e. The van der Waals surface area contributed by atoms with Gasteiger partial charge in [0.2, 0.25) is 15.9 Å². The summed E-state index contributed by atoms with van der Waals surface area (Å²) in [4.78, 5) is 33.1. The number of piperazine rings is 1. The number of anilines is 1. The van der Waals surface area contributed by atoms with Crippen LogP contribution >= 0.6 is 11.3 Å². The Morgan fingerprint density at radius 1 is 1.07 bits per heavy atom. The topological polar surface area (TPSA) is 121 Å². The molecule has 2 heterocycles. The normalized spacial score (nSPS) is 17.9. The SMILES string of the molecule is COCCNC(=O)c1ccc2nc(NC(=O)[C@@H](CC3CCCC3)c3ccc(S(=O)(=O)N4CCN(C)CC4)cc3)sc2c1. The van der Waals surface area contributed by atoms with E-state index in [1.165, 1.54) is 28.5 Å². The van der Waals surface area contributed by atoms with Crippen LogP contribution in [0.4, 0.5) is 5.13 Å². The van der Waals surface area contributed by atoms with Crippen molar-refractivity contribution in [2.75, 3.05) is 58.8 Å².